The third-order valence-corrected chi connectivity index (χ3v) is 3.54. The maximum Gasteiger partial charge on any atom is 0.146 e. The maximum absolute atomic E-state index is 6.23. The van der Waals surface area contributed by atoms with Crippen molar-refractivity contribution in [2.45, 2.75) is 6.54 Å². The highest BCUT2D eigenvalue weighted by Crippen LogP contribution is 2.28. The van der Waals surface area contributed by atoms with Crippen LogP contribution < -0.4 is 10.1 Å². The van der Waals surface area contributed by atoms with E-state index in [1.54, 1.807) is 6.20 Å². The second kappa shape index (κ2) is 6.12. The summed E-state index contributed by atoms with van der Waals surface area (Å²) < 4.78 is 5.83. The van der Waals surface area contributed by atoms with E-state index in [1.807, 2.05) is 55.6 Å². The molecule has 3 rings (SSSR count). The fourth-order valence-electron chi connectivity index (χ4n) is 2.17. The van der Waals surface area contributed by atoms with Crippen LogP contribution in [0.15, 0.2) is 54.7 Å². The number of rotatable bonds is 4. The number of halogens is 1. The van der Waals surface area contributed by atoms with E-state index >= 15 is 0 Å². The van der Waals surface area contributed by atoms with E-state index in [4.69, 9.17) is 16.3 Å². The molecule has 0 spiro atoms. The lowest BCUT2D eigenvalue weighted by Crippen LogP contribution is -2.05. The topological polar surface area (TPSA) is 34.1 Å². The quantitative estimate of drug-likeness (QED) is 0.775. The molecule has 0 amide bonds. The summed E-state index contributed by atoms with van der Waals surface area (Å²) in [6, 6.07) is 15.6. The van der Waals surface area contributed by atoms with Crippen molar-refractivity contribution in [3.8, 4) is 11.5 Å². The Morgan fingerprint density at radius 2 is 1.95 bits per heavy atom. The average molecular weight is 299 g/mol. The van der Waals surface area contributed by atoms with E-state index < -0.39 is 0 Å². The standard InChI is InChI=1S/C17H15ClN2O/c1-19-10-13-6-7-14(9-16(13)18)21-15-8-12-4-2-3-5-17(12)20-11-15/h2-9,11,19H,10H2,1H3. The molecule has 0 aliphatic carbocycles. The number of nitrogens with zero attached hydrogens (tertiary/aromatic N) is 1. The lowest BCUT2D eigenvalue weighted by molar-refractivity contribution is 0.481. The second-order valence-electron chi connectivity index (χ2n) is 4.75. The van der Waals surface area contributed by atoms with E-state index in [2.05, 4.69) is 10.3 Å². The lowest BCUT2D eigenvalue weighted by Gasteiger charge is -2.09. The van der Waals surface area contributed by atoms with Crippen molar-refractivity contribution in [3.63, 3.8) is 0 Å². The molecule has 2 aromatic carbocycles. The zero-order valence-electron chi connectivity index (χ0n) is 11.6. The number of aromatic nitrogens is 1. The molecule has 1 aromatic heterocycles. The Hall–Kier alpha value is -2.10. The van der Waals surface area contributed by atoms with Gasteiger partial charge < -0.3 is 10.1 Å². The molecule has 0 unspecified atom stereocenters. The molecule has 106 valence electrons. The van der Waals surface area contributed by atoms with Crippen LogP contribution in [0.4, 0.5) is 0 Å². The Kier molecular flexibility index (Phi) is 4.04. The first-order chi connectivity index (χ1) is 10.3. The Morgan fingerprint density at radius 3 is 2.76 bits per heavy atom. The minimum absolute atomic E-state index is 0.690. The fourth-order valence-corrected chi connectivity index (χ4v) is 2.41. The summed E-state index contributed by atoms with van der Waals surface area (Å²) in [7, 11) is 1.89. The molecule has 0 aliphatic heterocycles. The molecule has 0 atom stereocenters. The van der Waals surface area contributed by atoms with E-state index in [-0.39, 0.29) is 0 Å². The Labute approximate surface area is 128 Å². The van der Waals surface area contributed by atoms with Crippen LogP contribution in [0.5, 0.6) is 11.5 Å². The van der Waals surface area contributed by atoms with Gasteiger partial charge in [0.15, 0.2) is 0 Å². The number of nitrogens with one attached hydrogen (secondary N) is 1. The normalized spacial score (nSPS) is 10.8. The molecule has 3 nitrogen and oxygen atoms in total. The van der Waals surface area contributed by atoms with Crippen molar-refractivity contribution < 1.29 is 4.74 Å². The van der Waals surface area contributed by atoms with Gasteiger partial charge in [0.2, 0.25) is 0 Å². The van der Waals surface area contributed by atoms with Crippen LogP contribution in [-0.4, -0.2) is 12.0 Å². The highest BCUT2D eigenvalue weighted by atomic mass is 35.5. The van der Waals surface area contributed by atoms with Crippen LogP contribution in [0.2, 0.25) is 5.02 Å². The van der Waals surface area contributed by atoms with Crippen molar-refractivity contribution in [2.75, 3.05) is 7.05 Å². The van der Waals surface area contributed by atoms with Crippen molar-refractivity contribution in [2.24, 2.45) is 0 Å². The van der Waals surface area contributed by atoms with Gasteiger partial charge in [0.25, 0.3) is 0 Å². The molecule has 0 saturated carbocycles. The summed E-state index contributed by atoms with van der Waals surface area (Å²) in [5.74, 6) is 1.41. The Morgan fingerprint density at radius 1 is 1.10 bits per heavy atom. The summed E-state index contributed by atoms with van der Waals surface area (Å²) in [5, 5.41) is 4.82. The van der Waals surface area contributed by atoms with E-state index in [1.165, 1.54) is 0 Å². The minimum atomic E-state index is 0.690. The first-order valence-corrected chi connectivity index (χ1v) is 7.10. The molecule has 0 saturated heterocycles. The zero-order valence-corrected chi connectivity index (χ0v) is 12.4. The SMILES string of the molecule is CNCc1ccc(Oc2cnc3ccccc3c2)cc1Cl. The third kappa shape index (κ3) is 3.15. The maximum atomic E-state index is 6.23. The van der Waals surface area contributed by atoms with Crippen LogP contribution in [0.25, 0.3) is 10.9 Å². The van der Waals surface area contributed by atoms with Gasteiger partial charge in [-0.05, 0) is 36.9 Å². The number of fused-ring (bicyclic) bond motifs is 1. The van der Waals surface area contributed by atoms with Gasteiger partial charge in [-0.3, -0.25) is 4.98 Å². The van der Waals surface area contributed by atoms with Gasteiger partial charge in [0, 0.05) is 17.0 Å². The number of ether oxygens (including phenoxy) is 1. The molecule has 4 heteroatoms. The molecule has 21 heavy (non-hydrogen) atoms. The molecule has 1 N–H and O–H groups in total. The van der Waals surface area contributed by atoms with Crippen LogP contribution in [0.3, 0.4) is 0 Å². The van der Waals surface area contributed by atoms with Gasteiger partial charge in [-0.1, -0.05) is 35.9 Å². The van der Waals surface area contributed by atoms with Crippen molar-refractivity contribution in [1.82, 2.24) is 10.3 Å². The molecule has 0 aliphatic rings. The van der Waals surface area contributed by atoms with Crippen LogP contribution in [-0.2, 0) is 6.54 Å². The molecule has 0 fully saturated rings. The highest BCUT2D eigenvalue weighted by Gasteiger charge is 2.04. The van der Waals surface area contributed by atoms with Crippen LogP contribution >= 0.6 is 11.6 Å². The Balaban J connectivity index is 1.86. The second-order valence-corrected chi connectivity index (χ2v) is 5.16. The van der Waals surface area contributed by atoms with Crippen molar-refractivity contribution in [3.05, 3.63) is 65.3 Å². The predicted molar refractivity (Wildman–Crippen MR) is 86.0 cm³/mol. The minimum Gasteiger partial charge on any atom is -0.456 e. The van der Waals surface area contributed by atoms with Crippen LogP contribution in [0.1, 0.15) is 5.56 Å². The summed E-state index contributed by atoms with van der Waals surface area (Å²) in [6.45, 7) is 0.733. The highest BCUT2D eigenvalue weighted by molar-refractivity contribution is 6.31. The van der Waals surface area contributed by atoms with Crippen molar-refractivity contribution >= 4 is 22.5 Å². The number of hydrogen-bond donors (Lipinski definition) is 1. The van der Waals surface area contributed by atoms with E-state index in [0.717, 1.165) is 23.0 Å². The smallest absolute Gasteiger partial charge is 0.146 e. The summed E-state index contributed by atoms with van der Waals surface area (Å²) in [6.07, 6.45) is 1.72. The fraction of sp³-hybridized carbons (Fsp3) is 0.118. The number of para-hydroxylation sites is 1. The number of hydrogen-bond acceptors (Lipinski definition) is 3. The summed E-state index contributed by atoms with van der Waals surface area (Å²) in [4.78, 5) is 4.38. The van der Waals surface area contributed by atoms with Crippen molar-refractivity contribution in [1.29, 1.82) is 0 Å². The Bertz CT molecular complexity index is 774. The predicted octanol–water partition coefficient (Wildman–Crippen LogP) is 4.40. The van der Waals surface area contributed by atoms with Gasteiger partial charge in [0.1, 0.15) is 11.5 Å². The van der Waals surface area contributed by atoms with Gasteiger partial charge >= 0.3 is 0 Å². The monoisotopic (exact) mass is 298 g/mol. The van der Waals surface area contributed by atoms with Crippen LogP contribution in [0, 0.1) is 0 Å². The van der Waals surface area contributed by atoms with E-state index in [0.29, 0.717) is 16.5 Å². The number of pyridine rings is 1. The molecule has 0 bridgehead atoms. The zero-order chi connectivity index (χ0) is 14.7. The van der Waals surface area contributed by atoms with Gasteiger partial charge in [-0.2, -0.15) is 0 Å². The molecule has 1 heterocycles. The number of benzene rings is 2. The first-order valence-electron chi connectivity index (χ1n) is 6.72. The third-order valence-electron chi connectivity index (χ3n) is 3.19. The molecule has 0 radical (unpaired) electrons. The summed E-state index contributed by atoms with van der Waals surface area (Å²) >= 11 is 6.23. The van der Waals surface area contributed by atoms with Gasteiger partial charge in [-0.25, -0.2) is 0 Å². The molecular formula is C17H15ClN2O. The summed E-state index contributed by atoms with van der Waals surface area (Å²) in [5.41, 5.74) is 2.00. The van der Waals surface area contributed by atoms with Gasteiger partial charge in [0.05, 0.1) is 11.7 Å². The molecular weight excluding hydrogens is 284 g/mol. The first kappa shape index (κ1) is 13.9. The largest absolute Gasteiger partial charge is 0.456 e. The van der Waals surface area contributed by atoms with E-state index in [9.17, 15) is 0 Å². The average Bonchev–Trinajstić information content (AvgIpc) is 2.50. The molecule has 3 aromatic rings. The van der Waals surface area contributed by atoms with Gasteiger partial charge in [-0.15, -0.1) is 0 Å². The lowest BCUT2D eigenvalue weighted by atomic mass is 10.2.